The molecule has 0 saturated heterocycles. The lowest BCUT2D eigenvalue weighted by molar-refractivity contribution is -0.121. The largest absolute Gasteiger partial charge is 0.361 e. The minimum absolute atomic E-state index is 0.196. The third-order valence-corrected chi connectivity index (χ3v) is 3.70. The minimum atomic E-state index is 0.196. The summed E-state index contributed by atoms with van der Waals surface area (Å²) in [5.41, 5.74) is 2.47. The number of amides is 1. The van der Waals surface area contributed by atoms with Crippen LogP contribution in [0.25, 0.3) is 10.9 Å². The van der Waals surface area contributed by atoms with Gasteiger partial charge < -0.3 is 15.6 Å². The molecule has 1 heterocycles. The number of carbonyl (C=O) groups excluding carboxylic acids is 1. The number of aromatic amines is 1. The van der Waals surface area contributed by atoms with Gasteiger partial charge in [-0.2, -0.15) is 0 Å². The van der Waals surface area contributed by atoms with Gasteiger partial charge in [0.1, 0.15) is 0 Å². The second-order valence-corrected chi connectivity index (χ2v) is 5.48. The molecule has 106 valence electrons. The van der Waals surface area contributed by atoms with Crippen molar-refractivity contribution in [1.29, 1.82) is 0 Å². The predicted octanol–water partition coefficient (Wildman–Crippen LogP) is 2.32. The van der Waals surface area contributed by atoms with Crippen LogP contribution in [0.1, 0.15) is 31.2 Å². The Bertz CT molecular complexity index is 586. The molecule has 1 aromatic heterocycles. The van der Waals surface area contributed by atoms with Gasteiger partial charge in [0.15, 0.2) is 0 Å². The SMILES string of the molecule is O=C(CCCNCc1cccc2[nH]ccc12)NC1CC1. The van der Waals surface area contributed by atoms with Crippen LogP contribution in [0.5, 0.6) is 0 Å². The Labute approximate surface area is 118 Å². The maximum absolute atomic E-state index is 11.5. The van der Waals surface area contributed by atoms with Crippen LogP contribution in [0.4, 0.5) is 0 Å². The summed E-state index contributed by atoms with van der Waals surface area (Å²) in [6.07, 6.45) is 5.80. The van der Waals surface area contributed by atoms with E-state index in [2.05, 4.69) is 39.9 Å². The first-order chi connectivity index (χ1) is 9.83. The Morgan fingerprint density at radius 2 is 2.20 bits per heavy atom. The average molecular weight is 271 g/mol. The van der Waals surface area contributed by atoms with Crippen molar-refractivity contribution in [1.82, 2.24) is 15.6 Å². The number of hydrogen-bond acceptors (Lipinski definition) is 2. The molecule has 1 aliphatic carbocycles. The Balaban J connectivity index is 1.39. The van der Waals surface area contributed by atoms with E-state index >= 15 is 0 Å². The molecule has 1 amide bonds. The molecule has 0 spiro atoms. The molecule has 1 aromatic carbocycles. The normalized spacial score (nSPS) is 14.6. The highest BCUT2D eigenvalue weighted by molar-refractivity contribution is 5.82. The van der Waals surface area contributed by atoms with Gasteiger partial charge >= 0.3 is 0 Å². The number of aromatic nitrogens is 1. The molecule has 0 aliphatic heterocycles. The number of H-pyrrole nitrogens is 1. The van der Waals surface area contributed by atoms with Crippen molar-refractivity contribution in [3.63, 3.8) is 0 Å². The molecule has 1 fully saturated rings. The van der Waals surface area contributed by atoms with Gasteiger partial charge in [0, 0.05) is 36.1 Å². The quantitative estimate of drug-likeness (QED) is 0.677. The van der Waals surface area contributed by atoms with E-state index in [0.717, 1.165) is 32.4 Å². The molecule has 4 heteroatoms. The van der Waals surface area contributed by atoms with E-state index in [4.69, 9.17) is 0 Å². The molecule has 4 nitrogen and oxygen atoms in total. The molecular formula is C16H21N3O. The molecular weight excluding hydrogens is 250 g/mol. The molecule has 3 rings (SSSR count). The fourth-order valence-electron chi connectivity index (χ4n) is 2.43. The molecule has 0 radical (unpaired) electrons. The molecule has 2 aromatic rings. The third-order valence-electron chi connectivity index (χ3n) is 3.70. The van der Waals surface area contributed by atoms with Crippen LogP contribution >= 0.6 is 0 Å². The highest BCUT2D eigenvalue weighted by Crippen LogP contribution is 2.19. The summed E-state index contributed by atoms with van der Waals surface area (Å²) in [5, 5.41) is 7.70. The summed E-state index contributed by atoms with van der Waals surface area (Å²) in [7, 11) is 0. The van der Waals surface area contributed by atoms with Gasteiger partial charge in [-0.05, 0) is 43.5 Å². The standard InChI is InChI=1S/C16H21N3O/c20-16(19-13-6-7-13)5-2-9-17-11-12-3-1-4-15-14(12)8-10-18-15/h1,3-4,8,10,13,17-18H,2,5-7,9,11H2,(H,19,20). The maximum atomic E-state index is 11.5. The van der Waals surface area contributed by atoms with Crippen molar-refractivity contribution in [2.75, 3.05) is 6.54 Å². The predicted molar refractivity (Wildman–Crippen MR) is 80.4 cm³/mol. The van der Waals surface area contributed by atoms with Crippen LogP contribution in [-0.4, -0.2) is 23.5 Å². The molecule has 0 bridgehead atoms. The maximum Gasteiger partial charge on any atom is 0.220 e. The minimum Gasteiger partial charge on any atom is -0.361 e. The van der Waals surface area contributed by atoms with Gasteiger partial charge in [0.05, 0.1) is 0 Å². The van der Waals surface area contributed by atoms with Crippen LogP contribution < -0.4 is 10.6 Å². The summed E-state index contributed by atoms with van der Waals surface area (Å²) in [6.45, 7) is 1.72. The van der Waals surface area contributed by atoms with Crippen molar-refractivity contribution < 1.29 is 4.79 Å². The second kappa shape index (κ2) is 6.09. The Kier molecular flexibility index (Phi) is 4.02. The van der Waals surface area contributed by atoms with Crippen molar-refractivity contribution in [2.45, 2.75) is 38.3 Å². The Morgan fingerprint density at radius 3 is 3.05 bits per heavy atom. The van der Waals surface area contributed by atoms with Gasteiger partial charge in [0.2, 0.25) is 5.91 Å². The summed E-state index contributed by atoms with van der Waals surface area (Å²) in [4.78, 5) is 14.7. The van der Waals surface area contributed by atoms with Gasteiger partial charge in [0.25, 0.3) is 0 Å². The lowest BCUT2D eigenvalue weighted by Crippen LogP contribution is -2.26. The lowest BCUT2D eigenvalue weighted by Gasteiger charge is -2.07. The smallest absolute Gasteiger partial charge is 0.220 e. The zero-order valence-electron chi connectivity index (χ0n) is 11.6. The number of rotatable bonds is 7. The fourth-order valence-corrected chi connectivity index (χ4v) is 2.43. The fraction of sp³-hybridized carbons (Fsp3) is 0.438. The Hall–Kier alpha value is -1.81. The molecule has 20 heavy (non-hydrogen) atoms. The number of nitrogens with one attached hydrogen (secondary N) is 3. The van der Waals surface area contributed by atoms with Crippen molar-refractivity contribution in [3.05, 3.63) is 36.0 Å². The average Bonchev–Trinajstić information content (AvgIpc) is 3.12. The van der Waals surface area contributed by atoms with Crippen molar-refractivity contribution >= 4 is 16.8 Å². The number of carbonyl (C=O) groups is 1. The van der Waals surface area contributed by atoms with Gasteiger partial charge in [-0.25, -0.2) is 0 Å². The van der Waals surface area contributed by atoms with Crippen LogP contribution in [0.2, 0.25) is 0 Å². The number of benzene rings is 1. The molecule has 1 aliphatic rings. The van der Waals surface area contributed by atoms with E-state index in [-0.39, 0.29) is 5.91 Å². The zero-order valence-corrected chi connectivity index (χ0v) is 11.6. The number of hydrogen-bond donors (Lipinski definition) is 3. The highest BCUT2D eigenvalue weighted by atomic mass is 16.1. The van der Waals surface area contributed by atoms with Crippen LogP contribution in [0.3, 0.4) is 0 Å². The first-order valence-corrected chi connectivity index (χ1v) is 7.38. The molecule has 1 saturated carbocycles. The summed E-state index contributed by atoms with van der Waals surface area (Å²) in [6, 6.07) is 8.87. The number of fused-ring (bicyclic) bond motifs is 1. The summed E-state index contributed by atoms with van der Waals surface area (Å²) in [5.74, 6) is 0.196. The van der Waals surface area contributed by atoms with E-state index in [1.165, 1.54) is 16.5 Å². The van der Waals surface area contributed by atoms with E-state index in [0.29, 0.717) is 12.5 Å². The van der Waals surface area contributed by atoms with E-state index in [1.807, 2.05) is 6.20 Å². The van der Waals surface area contributed by atoms with Gasteiger partial charge in [-0.15, -0.1) is 0 Å². The third kappa shape index (κ3) is 3.39. The second-order valence-electron chi connectivity index (χ2n) is 5.48. The first kappa shape index (κ1) is 13.2. The summed E-state index contributed by atoms with van der Waals surface area (Å²) < 4.78 is 0. The molecule has 3 N–H and O–H groups in total. The van der Waals surface area contributed by atoms with E-state index < -0.39 is 0 Å². The highest BCUT2D eigenvalue weighted by Gasteiger charge is 2.22. The molecule has 0 atom stereocenters. The monoisotopic (exact) mass is 271 g/mol. The van der Waals surface area contributed by atoms with Crippen LogP contribution in [0, 0.1) is 0 Å². The van der Waals surface area contributed by atoms with Crippen LogP contribution in [-0.2, 0) is 11.3 Å². The van der Waals surface area contributed by atoms with E-state index in [9.17, 15) is 4.79 Å². The van der Waals surface area contributed by atoms with E-state index in [1.54, 1.807) is 0 Å². The van der Waals surface area contributed by atoms with Crippen LogP contribution in [0.15, 0.2) is 30.5 Å². The first-order valence-electron chi connectivity index (χ1n) is 7.38. The Morgan fingerprint density at radius 1 is 1.30 bits per heavy atom. The van der Waals surface area contributed by atoms with Gasteiger partial charge in [-0.1, -0.05) is 12.1 Å². The topological polar surface area (TPSA) is 56.9 Å². The molecule has 0 unspecified atom stereocenters. The van der Waals surface area contributed by atoms with Crippen molar-refractivity contribution in [2.24, 2.45) is 0 Å². The van der Waals surface area contributed by atoms with Gasteiger partial charge in [-0.3, -0.25) is 4.79 Å². The summed E-state index contributed by atoms with van der Waals surface area (Å²) >= 11 is 0. The lowest BCUT2D eigenvalue weighted by atomic mass is 10.1. The zero-order chi connectivity index (χ0) is 13.8. The van der Waals surface area contributed by atoms with Crippen molar-refractivity contribution in [3.8, 4) is 0 Å².